The van der Waals surface area contributed by atoms with Gasteiger partial charge in [-0.2, -0.15) is 0 Å². The molecule has 0 unspecified atom stereocenters. The van der Waals surface area contributed by atoms with E-state index < -0.39 is 11.6 Å². The topological polar surface area (TPSA) is 30.7 Å². The van der Waals surface area contributed by atoms with Crippen LogP contribution < -0.4 is 0 Å². The molecule has 2 rings (SSSR count). The Labute approximate surface area is 104 Å². The molecule has 0 fully saturated rings. The van der Waals surface area contributed by atoms with Crippen molar-refractivity contribution in [3.8, 4) is 0 Å². The summed E-state index contributed by atoms with van der Waals surface area (Å²) in [7, 11) is 0. The van der Waals surface area contributed by atoms with Gasteiger partial charge >= 0.3 is 0 Å². The molecule has 0 spiro atoms. The highest BCUT2D eigenvalue weighted by atomic mass is 19.2. The molecule has 0 amide bonds. The van der Waals surface area contributed by atoms with E-state index in [1.165, 1.54) is 6.07 Å². The fourth-order valence-corrected chi connectivity index (χ4v) is 1.77. The van der Waals surface area contributed by atoms with Crippen LogP contribution in [0.2, 0.25) is 0 Å². The second kappa shape index (κ2) is 4.48. The Hall–Kier alpha value is -1.78. The SMILES string of the molecule is CC(C)(C)n1cnnc1Cc1ccc(F)c(F)c1. The third kappa shape index (κ3) is 2.55. The first kappa shape index (κ1) is 12.7. The van der Waals surface area contributed by atoms with Crippen LogP contribution in [0, 0.1) is 11.6 Å². The summed E-state index contributed by atoms with van der Waals surface area (Å²) in [5.41, 5.74) is 0.532. The van der Waals surface area contributed by atoms with Gasteiger partial charge in [0.25, 0.3) is 0 Å². The highest BCUT2D eigenvalue weighted by Crippen LogP contribution is 2.18. The minimum Gasteiger partial charge on any atom is -0.312 e. The number of nitrogens with zero attached hydrogens (tertiary/aromatic N) is 3. The van der Waals surface area contributed by atoms with Crippen LogP contribution in [0.25, 0.3) is 0 Å². The molecule has 1 aromatic heterocycles. The van der Waals surface area contributed by atoms with E-state index >= 15 is 0 Å². The molecular formula is C13H15F2N3. The maximum atomic E-state index is 13.1. The van der Waals surface area contributed by atoms with Crippen molar-refractivity contribution in [1.82, 2.24) is 14.8 Å². The van der Waals surface area contributed by atoms with Crippen LogP contribution in [0.4, 0.5) is 8.78 Å². The average Bonchev–Trinajstić information content (AvgIpc) is 2.71. The Kier molecular flexibility index (Phi) is 3.15. The molecule has 1 aromatic carbocycles. The van der Waals surface area contributed by atoms with Gasteiger partial charge in [-0.25, -0.2) is 8.78 Å². The summed E-state index contributed by atoms with van der Waals surface area (Å²) in [6, 6.07) is 3.87. The van der Waals surface area contributed by atoms with Crippen molar-refractivity contribution in [1.29, 1.82) is 0 Å². The van der Waals surface area contributed by atoms with E-state index in [1.54, 1.807) is 12.4 Å². The maximum Gasteiger partial charge on any atom is 0.159 e. The van der Waals surface area contributed by atoms with Gasteiger partial charge in [0.1, 0.15) is 12.2 Å². The van der Waals surface area contributed by atoms with Crippen LogP contribution in [-0.4, -0.2) is 14.8 Å². The molecule has 96 valence electrons. The summed E-state index contributed by atoms with van der Waals surface area (Å²) in [6.07, 6.45) is 2.07. The normalized spacial score (nSPS) is 11.8. The lowest BCUT2D eigenvalue weighted by Crippen LogP contribution is -2.23. The minimum absolute atomic E-state index is 0.141. The number of aromatic nitrogens is 3. The van der Waals surface area contributed by atoms with E-state index in [0.717, 1.165) is 11.9 Å². The van der Waals surface area contributed by atoms with Crippen LogP contribution >= 0.6 is 0 Å². The standard InChI is InChI=1S/C13H15F2N3/c1-13(2,3)18-8-16-17-12(18)7-9-4-5-10(14)11(15)6-9/h4-6,8H,7H2,1-3H3. The molecule has 0 aliphatic heterocycles. The molecule has 0 aliphatic rings. The summed E-state index contributed by atoms with van der Waals surface area (Å²) in [5.74, 6) is -0.945. The zero-order chi connectivity index (χ0) is 13.3. The first-order valence-electron chi connectivity index (χ1n) is 5.71. The average molecular weight is 251 g/mol. The highest BCUT2D eigenvalue weighted by Gasteiger charge is 2.18. The van der Waals surface area contributed by atoms with Gasteiger partial charge < -0.3 is 4.57 Å². The molecule has 0 saturated carbocycles. The van der Waals surface area contributed by atoms with E-state index in [0.29, 0.717) is 12.0 Å². The summed E-state index contributed by atoms with van der Waals surface area (Å²) in [6.45, 7) is 6.10. The second-order valence-electron chi connectivity index (χ2n) is 5.21. The van der Waals surface area contributed by atoms with Crippen LogP contribution in [0.3, 0.4) is 0 Å². The van der Waals surface area contributed by atoms with E-state index in [-0.39, 0.29) is 5.54 Å². The largest absolute Gasteiger partial charge is 0.312 e. The lowest BCUT2D eigenvalue weighted by Gasteiger charge is -2.22. The number of hydrogen-bond acceptors (Lipinski definition) is 2. The molecule has 18 heavy (non-hydrogen) atoms. The zero-order valence-electron chi connectivity index (χ0n) is 10.6. The second-order valence-corrected chi connectivity index (χ2v) is 5.21. The Balaban J connectivity index is 2.29. The van der Waals surface area contributed by atoms with Gasteiger partial charge in [-0.05, 0) is 38.5 Å². The van der Waals surface area contributed by atoms with Gasteiger partial charge in [0.15, 0.2) is 11.6 Å². The van der Waals surface area contributed by atoms with Gasteiger partial charge in [0.2, 0.25) is 0 Å². The molecule has 0 saturated heterocycles. The number of rotatable bonds is 2. The van der Waals surface area contributed by atoms with Crippen molar-refractivity contribution < 1.29 is 8.78 Å². The molecule has 0 N–H and O–H groups in total. The van der Waals surface area contributed by atoms with E-state index in [4.69, 9.17) is 0 Å². The van der Waals surface area contributed by atoms with Gasteiger partial charge in [0.05, 0.1) is 0 Å². The van der Waals surface area contributed by atoms with Gasteiger partial charge in [0, 0.05) is 12.0 Å². The first-order valence-corrected chi connectivity index (χ1v) is 5.71. The van der Waals surface area contributed by atoms with Gasteiger partial charge in [-0.1, -0.05) is 6.07 Å². The summed E-state index contributed by atoms with van der Waals surface area (Å²) < 4.78 is 27.9. The highest BCUT2D eigenvalue weighted by molar-refractivity contribution is 5.21. The quantitative estimate of drug-likeness (QED) is 0.821. The summed E-state index contributed by atoms with van der Waals surface area (Å²) in [5, 5.41) is 7.90. The van der Waals surface area contributed by atoms with Crippen LogP contribution in [0.15, 0.2) is 24.5 Å². The smallest absolute Gasteiger partial charge is 0.159 e. The van der Waals surface area contributed by atoms with Crippen molar-refractivity contribution in [3.05, 3.63) is 47.5 Å². The Morgan fingerprint density at radius 1 is 1.17 bits per heavy atom. The molecule has 3 nitrogen and oxygen atoms in total. The number of halogens is 2. The van der Waals surface area contributed by atoms with Gasteiger partial charge in [-0.3, -0.25) is 0 Å². The van der Waals surface area contributed by atoms with E-state index in [1.807, 2.05) is 25.3 Å². The Bertz CT molecular complexity index is 556. The van der Waals surface area contributed by atoms with Crippen LogP contribution in [-0.2, 0) is 12.0 Å². The fraction of sp³-hybridized carbons (Fsp3) is 0.385. The lowest BCUT2D eigenvalue weighted by molar-refractivity contribution is 0.384. The van der Waals surface area contributed by atoms with Crippen LogP contribution in [0.1, 0.15) is 32.2 Å². The summed E-state index contributed by atoms with van der Waals surface area (Å²) in [4.78, 5) is 0. The van der Waals surface area contributed by atoms with Crippen molar-refractivity contribution in [3.63, 3.8) is 0 Å². The molecule has 2 aromatic rings. The predicted molar refractivity (Wildman–Crippen MR) is 64.2 cm³/mol. The number of benzene rings is 1. The summed E-state index contributed by atoms with van der Waals surface area (Å²) >= 11 is 0. The Morgan fingerprint density at radius 2 is 1.89 bits per heavy atom. The molecule has 0 aliphatic carbocycles. The molecule has 1 heterocycles. The monoisotopic (exact) mass is 251 g/mol. The predicted octanol–water partition coefficient (Wildman–Crippen LogP) is 2.90. The maximum absolute atomic E-state index is 13.1. The molecule has 5 heteroatoms. The van der Waals surface area contributed by atoms with Crippen molar-refractivity contribution in [2.24, 2.45) is 0 Å². The van der Waals surface area contributed by atoms with Crippen molar-refractivity contribution >= 4 is 0 Å². The van der Waals surface area contributed by atoms with Gasteiger partial charge in [-0.15, -0.1) is 10.2 Å². The first-order chi connectivity index (χ1) is 8.38. The van der Waals surface area contributed by atoms with Crippen LogP contribution in [0.5, 0.6) is 0 Å². The molecule has 0 atom stereocenters. The lowest BCUT2D eigenvalue weighted by atomic mass is 10.1. The molecular weight excluding hydrogens is 236 g/mol. The Morgan fingerprint density at radius 3 is 2.50 bits per heavy atom. The molecule has 0 bridgehead atoms. The van der Waals surface area contributed by atoms with Crippen molar-refractivity contribution in [2.45, 2.75) is 32.7 Å². The molecule has 0 radical (unpaired) electrons. The third-order valence-electron chi connectivity index (χ3n) is 2.69. The third-order valence-corrected chi connectivity index (χ3v) is 2.69. The fourth-order valence-electron chi connectivity index (χ4n) is 1.77. The number of hydrogen-bond donors (Lipinski definition) is 0. The zero-order valence-corrected chi connectivity index (χ0v) is 10.6. The minimum atomic E-state index is -0.839. The van der Waals surface area contributed by atoms with E-state index in [2.05, 4.69) is 10.2 Å². The van der Waals surface area contributed by atoms with Crippen molar-refractivity contribution in [2.75, 3.05) is 0 Å². The van der Waals surface area contributed by atoms with E-state index in [9.17, 15) is 8.78 Å².